The highest BCUT2D eigenvalue weighted by atomic mass is 32.1. The summed E-state index contributed by atoms with van der Waals surface area (Å²) >= 11 is 0.899. The fourth-order valence-corrected chi connectivity index (χ4v) is 2.22. The smallest absolute Gasteiger partial charge is 0.356 e. The highest BCUT2D eigenvalue weighted by molar-refractivity contribution is 7.17. The van der Waals surface area contributed by atoms with Gasteiger partial charge in [-0.2, -0.15) is 0 Å². The van der Waals surface area contributed by atoms with Gasteiger partial charge in [-0.25, -0.2) is 14.6 Å². The van der Waals surface area contributed by atoms with E-state index in [4.69, 9.17) is 9.84 Å². The Bertz CT molecular complexity index is 480. The highest BCUT2D eigenvalue weighted by Crippen LogP contribution is 2.24. The topological polar surface area (TPSA) is 106 Å². The zero-order chi connectivity index (χ0) is 14.6. The van der Waals surface area contributed by atoms with Crippen LogP contribution in [0, 0.1) is 0 Å². The average Bonchev–Trinajstić information content (AvgIpc) is 2.73. The molecule has 0 fully saturated rings. The number of Topliss-reactive ketones (excluding diaryl/α,β-unsaturated/α-hetero) is 1. The number of esters is 1. The van der Waals surface area contributed by atoms with Gasteiger partial charge in [0.05, 0.1) is 6.61 Å². The number of hydrogen-bond donors (Lipinski definition) is 2. The van der Waals surface area contributed by atoms with Crippen LogP contribution in [0.3, 0.4) is 0 Å². The minimum atomic E-state index is -1.28. The maximum atomic E-state index is 11.4. The van der Waals surface area contributed by atoms with E-state index in [1.54, 1.807) is 13.8 Å². The number of carboxylic acids is 1. The largest absolute Gasteiger partial charge is 0.476 e. The van der Waals surface area contributed by atoms with E-state index in [1.807, 2.05) is 0 Å². The van der Waals surface area contributed by atoms with E-state index < -0.39 is 18.0 Å². The molecule has 1 aromatic rings. The molecule has 0 aliphatic carbocycles. The Kier molecular flexibility index (Phi) is 4.99. The van der Waals surface area contributed by atoms with E-state index in [2.05, 4.69) is 10.3 Å². The molecule has 0 bridgehead atoms. The van der Waals surface area contributed by atoms with Crippen LogP contribution in [-0.4, -0.2) is 40.5 Å². The average molecular weight is 286 g/mol. The SMILES string of the molecule is CCOC(=O)C(C)Nc1nc(C(=O)O)c(C(C)=O)s1. The summed E-state index contributed by atoms with van der Waals surface area (Å²) in [6.07, 6.45) is 0. The third kappa shape index (κ3) is 3.75. The quantitative estimate of drug-likeness (QED) is 0.601. The van der Waals surface area contributed by atoms with Crippen molar-refractivity contribution >= 4 is 34.2 Å². The summed E-state index contributed by atoms with van der Waals surface area (Å²) in [5.41, 5.74) is -0.309. The van der Waals surface area contributed by atoms with Crippen LogP contribution in [0.5, 0.6) is 0 Å². The van der Waals surface area contributed by atoms with Crippen LogP contribution in [-0.2, 0) is 9.53 Å². The Morgan fingerprint density at radius 3 is 2.53 bits per heavy atom. The predicted octanol–water partition coefficient (Wildman–Crippen LogP) is 1.41. The lowest BCUT2D eigenvalue weighted by molar-refractivity contribution is -0.143. The molecule has 7 nitrogen and oxygen atoms in total. The van der Waals surface area contributed by atoms with Crippen molar-refractivity contribution in [2.24, 2.45) is 0 Å². The van der Waals surface area contributed by atoms with E-state index in [0.29, 0.717) is 0 Å². The van der Waals surface area contributed by atoms with Crippen molar-refractivity contribution in [3.8, 4) is 0 Å². The first kappa shape index (κ1) is 15.1. The molecule has 0 aromatic carbocycles. The van der Waals surface area contributed by atoms with Crippen molar-refractivity contribution in [1.82, 2.24) is 4.98 Å². The van der Waals surface area contributed by atoms with Crippen LogP contribution in [0.1, 0.15) is 40.9 Å². The number of aromatic nitrogens is 1. The monoisotopic (exact) mass is 286 g/mol. The maximum absolute atomic E-state index is 11.4. The van der Waals surface area contributed by atoms with Gasteiger partial charge >= 0.3 is 11.9 Å². The second kappa shape index (κ2) is 6.28. The molecule has 0 aliphatic heterocycles. The molecule has 0 saturated carbocycles. The third-order valence-electron chi connectivity index (χ3n) is 2.13. The van der Waals surface area contributed by atoms with Crippen molar-refractivity contribution < 1.29 is 24.2 Å². The first-order valence-corrected chi connectivity index (χ1v) is 6.36. The summed E-state index contributed by atoms with van der Waals surface area (Å²) in [4.78, 5) is 37.5. The predicted molar refractivity (Wildman–Crippen MR) is 68.8 cm³/mol. The van der Waals surface area contributed by atoms with Gasteiger partial charge in [0, 0.05) is 6.92 Å². The summed E-state index contributed by atoms with van der Waals surface area (Å²) in [6.45, 7) is 4.76. The molecule has 8 heteroatoms. The van der Waals surface area contributed by atoms with Crippen LogP contribution in [0.25, 0.3) is 0 Å². The summed E-state index contributed by atoms with van der Waals surface area (Å²) in [6, 6.07) is -0.674. The van der Waals surface area contributed by atoms with Crippen molar-refractivity contribution in [2.75, 3.05) is 11.9 Å². The number of nitrogens with zero attached hydrogens (tertiary/aromatic N) is 1. The number of anilines is 1. The number of nitrogens with one attached hydrogen (secondary N) is 1. The normalized spacial score (nSPS) is 11.7. The second-order valence-corrected chi connectivity index (χ2v) is 4.68. The Balaban J connectivity index is 2.91. The first-order valence-electron chi connectivity index (χ1n) is 5.55. The molecule has 1 heterocycles. The molecule has 0 aliphatic rings. The van der Waals surface area contributed by atoms with Gasteiger partial charge in [0.1, 0.15) is 10.9 Å². The molecule has 104 valence electrons. The van der Waals surface area contributed by atoms with Gasteiger partial charge in [0.25, 0.3) is 0 Å². The molecule has 1 aromatic heterocycles. The third-order valence-corrected chi connectivity index (χ3v) is 3.22. The molecule has 2 N–H and O–H groups in total. The Morgan fingerprint density at radius 1 is 1.47 bits per heavy atom. The summed E-state index contributed by atoms with van der Waals surface area (Å²) in [5, 5.41) is 11.8. The molecule has 1 unspecified atom stereocenters. The zero-order valence-electron chi connectivity index (χ0n) is 10.7. The lowest BCUT2D eigenvalue weighted by atomic mass is 10.3. The number of carboxylic acid groups (broad SMARTS) is 1. The second-order valence-electron chi connectivity index (χ2n) is 3.68. The zero-order valence-corrected chi connectivity index (χ0v) is 11.5. The lowest BCUT2D eigenvalue weighted by Crippen LogP contribution is -2.28. The number of rotatable bonds is 6. The maximum Gasteiger partial charge on any atom is 0.356 e. The first-order chi connectivity index (χ1) is 8.86. The molecule has 1 rings (SSSR count). The van der Waals surface area contributed by atoms with E-state index in [9.17, 15) is 14.4 Å². The van der Waals surface area contributed by atoms with Crippen LogP contribution >= 0.6 is 11.3 Å². The number of ether oxygens (including phenoxy) is 1. The fraction of sp³-hybridized carbons (Fsp3) is 0.455. The van der Waals surface area contributed by atoms with E-state index >= 15 is 0 Å². The Labute approximate surface area is 113 Å². The summed E-state index contributed by atoms with van der Waals surface area (Å²) < 4.78 is 4.80. The van der Waals surface area contributed by atoms with E-state index in [0.717, 1.165) is 11.3 Å². The van der Waals surface area contributed by atoms with Crippen molar-refractivity contribution in [3.63, 3.8) is 0 Å². The number of ketones is 1. The molecular weight excluding hydrogens is 272 g/mol. The van der Waals surface area contributed by atoms with Gasteiger partial charge in [0.2, 0.25) is 0 Å². The summed E-state index contributed by atoms with van der Waals surface area (Å²) in [7, 11) is 0. The Morgan fingerprint density at radius 2 is 2.11 bits per heavy atom. The minimum absolute atomic E-state index is 0.0473. The fourth-order valence-electron chi connectivity index (χ4n) is 1.28. The Hall–Kier alpha value is -1.96. The van der Waals surface area contributed by atoms with Crippen molar-refractivity contribution in [2.45, 2.75) is 26.8 Å². The number of carbonyl (C=O) groups is 3. The van der Waals surface area contributed by atoms with Crippen molar-refractivity contribution in [3.05, 3.63) is 10.6 Å². The van der Waals surface area contributed by atoms with Crippen molar-refractivity contribution in [1.29, 1.82) is 0 Å². The number of aromatic carboxylic acids is 1. The molecule has 0 amide bonds. The van der Waals surface area contributed by atoms with E-state index in [-0.39, 0.29) is 28.1 Å². The van der Waals surface area contributed by atoms with Crippen LogP contribution < -0.4 is 5.32 Å². The van der Waals surface area contributed by atoms with Gasteiger partial charge in [0.15, 0.2) is 16.6 Å². The number of thiazole rings is 1. The van der Waals surface area contributed by atoms with Crippen LogP contribution in [0.2, 0.25) is 0 Å². The molecular formula is C11H14N2O5S. The van der Waals surface area contributed by atoms with Crippen LogP contribution in [0.4, 0.5) is 5.13 Å². The molecule has 0 saturated heterocycles. The lowest BCUT2D eigenvalue weighted by Gasteiger charge is -2.10. The van der Waals surface area contributed by atoms with Gasteiger partial charge in [-0.15, -0.1) is 0 Å². The standard InChI is InChI=1S/C11H14N2O5S/c1-4-18-10(17)5(2)12-11-13-7(9(15)16)8(19-11)6(3)14/h5H,4H2,1-3H3,(H,12,13)(H,15,16). The van der Waals surface area contributed by atoms with Gasteiger partial charge < -0.3 is 15.2 Å². The van der Waals surface area contributed by atoms with Gasteiger partial charge in [-0.1, -0.05) is 11.3 Å². The van der Waals surface area contributed by atoms with Gasteiger partial charge in [-0.05, 0) is 13.8 Å². The van der Waals surface area contributed by atoms with Gasteiger partial charge in [-0.3, -0.25) is 4.79 Å². The minimum Gasteiger partial charge on any atom is -0.476 e. The molecule has 0 radical (unpaired) electrons. The molecule has 0 spiro atoms. The molecule has 19 heavy (non-hydrogen) atoms. The van der Waals surface area contributed by atoms with E-state index in [1.165, 1.54) is 6.92 Å². The highest BCUT2D eigenvalue weighted by Gasteiger charge is 2.22. The summed E-state index contributed by atoms with van der Waals surface area (Å²) in [5.74, 6) is -2.14. The number of hydrogen-bond acceptors (Lipinski definition) is 7. The van der Waals surface area contributed by atoms with Crippen LogP contribution in [0.15, 0.2) is 0 Å². The molecule has 1 atom stereocenters. The number of carbonyl (C=O) groups excluding carboxylic acids is 2.